The van der Waals surface area contributed by atoms with Crippen LogP contribution < -0.4 is 0 Å². The highest BCUT2D eigenvalue weighted by molar-refractivity contribution is 5.28. The lowest BCUT2D eigenvalue weighted by molar-refractivity contribution is 0.212. The van der Waals surface area contributed by atoms with Crippen molar-refractivity contribution in [1.29, 1.82) is 0 Å². The van der Waals surface area contributed by atoms with Crippen molar-refractivity contribution in [2.24, 2.45) is 7.05 Å². The second-order valence-electron chi connectivity index (χ2n) is 2.88. The Morgan fingerprint density at radius 2 is 2.33 bits per heavy atom. The van der Waals surface area contributed by atoms with E-state index in [1.807, 2.05) is 0 Å². The van der Waals surface area contributed by atoms with Crippen molar-refractivity contribution in [2.75, 3.05) is 0 Å². The number of aromatic nitrogens is 4. The average molecular weight is 164 g/mol. The molecule has 0 radical (unpaired) electrons. The van der Waals surface area contributed by atoms with Gasteiger partial charge in [-0.1, -0.05) is 11.0 Å². The molecule has 62 valence electrons. The monoisotopic (exact) mass is 164 g/mol. The predicted molar refractivity (Wildman–Crippen MR) is 39.9 cm³/mol. The molecule has 1 heterocycles. The quantitative estimate of drug-likeness (QED) is 0.504. The molecule has 1 aromatic heterocycles. The Morgan fingerprint density at radius 3 is 2.83 bits per heavy atom. The molecule has 5 nitrogen and oxygen atoms in total. The van der Waals surface area contributed by atoms with Crippen LogP contribution in [0.5, 0.6) is 0 Å². The molecule has 2 rings (SSSR count). The molecule has 0 saturated heterocycles. The number of aryl methyl sites for hydroxylation is 1. The predicted octanol–water partition coefficient (Wildman–Crippen LogP) is -0.914. The maximum Gasteiger partial charge on any atom is 0.247 e. The van der Waals surface area contributed by atoms with E-state index in [0.717, 1.165) is 12.8 Å². The van der Waals surface area contributed by atoms with E-state index >= 15 is 0 Å². The zero-order valence-electron chi connectivity index (χ0n) is 6.65. The molecule has 1 N–H and O–H groups in total. The van der Waals surface area contributed by atoms with Crippen LogP contribution in [0.15, 0.2) is 0 Å². The van der Waals surface area contributed by atoms with Crippen molar-refractivity contribution in [3.63, 3.8) is 0 Å². The van der Waals surface area contributed by atoms with Gasteiger partial charge in [-0.15, -0.1) is 5.10 Å². The summed E-state index contributed by atoms with van der Waals surface area (Å²) in [6.45, 7) is 0. The second-order valence-corrected chi connectivity index (χ2v) is 2.88. The lowest BCUT2D eigenvalue weighted by atomic mass is 10.3. The van der Waals surface area contributed by atoms with E-state index in [1.165, 1.54) is 4.80 Å². The number of hydrogen-bond acceptors (Lipinski definition) is 4. The van der Waals surface area contributed by atoms with E-state index in [2.05, 4.69) is 27.3 Å². The first kappa shape index (κ1) is 7.25. The van der Waals surface area contributed by atoms with Crippen molar-refractivity contribution in [1.82, 2.24) is 20.2 Å². The molecule has 0 amide bonds. The maximum absolute atomic E-state index is 9.34. The van der Waals surface area contributed by atoms with Crippen LogP contribution >= 0.6 is 0 Å². The zero-order chi connectivity index (χ0) is 8.60. The number of aliphatic hydroxyl groups is 1. The standard InChI is InChI=1S/C7H8N4O/c1-11-9-6(8-10-11)2-3-7(12)4-5-7/h12H,4-5H2,1H3. The smallest absolute Gasteiger partial charge is 0.247 e. The summed E-state index contributed by atoms with van der Waals surface area (Å²) < 4.78 is 0. The number of rotatable bonds is 0. The van der Waals surface area contributed by atoms with Crippen molar-refractivity contribution < 1.29 is 5.11 Å². The molecular formula is C7H8N4O. The third-order valence-corrected chi connectivity index (χ3v) is 1.64. The Bertz CT molecular complexity index is 355. The minimum Gasteiger partial charge on any atom is -0.378 e. The maximum atomic E-state index is 9.34. The molecule has 1 aliphatic rings. The van der Waals surface area contributed by atoms with Gasteiger partial charge in [0.1, 0.15) is 5.60 Å². The van der Waals surface area contributed by atoms with E-state index in [-0.39, 0.29) is 0 Å². The van der Waals surface area contributed by atoms with Crippen LogP contribution in [0.25, 0.3) is 0 Å². The molecule has 1 saturated carbocycles. The Kier molecular flexibility index (Phi) is 1.38. The Morgan fingerprint density at radius 1 is 1.58 bits per heavy atom. The van der Waals surface area contributed by atoms with E-state index < -0.39 is 5.60 Å². The molecule has 0 unspecified atom stereocenters. The summed E-state index contributed by atoms with van der Waals surface area (Å²) in [5, 5.41) is 20.5. The molecule has 1 fully saturated rings. The molecule has 0 aromatic carbocycles. The van der Waals surface area contributed by atoms with Crippen LogP contribution in [0.4, 0.5) is 0 Å². The van der Waals surface area contributed by atoms with Gasteiger partial charge in [0.15, 0.2) is 0 Å². The van der Waals surface area contributed by atoms with Crippen LogP contribution in [-0.2, 0) is 7.05 Å². The normalized spacial score (nSPS) is 18.2. The lowest BCUT2D eigenvalue weighted by Gasteiger charge is -1.89. The van der Waals surface area contributed by atoms with Crippen LogP contribution in [0.2, 0.25) is 0 Å². The average Bonchev–Trinajstić information content (AvgIpc) is 2.60. The molecule has 0 spiro atoms. The molecule has 1 aliphatic carbocycles. The topological polar surface area (TPSA) is 63.8 Å². The molecule has 5 heteroatoms. The van der Waals surface area contributed by atoms with Gasteiger partial charge in [0.2, 0.25) is 5.82 Å². The van der Waals surface area contributed by atoms with E-state index in [9.17, 15) is 5.11 Å². The SMILES string of the molecule is Cn1nnc(C#CC2(O)CC2)n1. The highest BCUT2D eigenvalue weighted by atomic mass is 16.3. The van der Waals surface area contributed by atoms with Gasteiger partial charge in [-0.25, -0.2) is 0 Å². The molecular weight excluding hydrogens is 156 g/mol. The van der Waals surface area contributed by atoms with Crippen molar-refractivity contribution in [3.8, 4) is 11.8 Å². The number of tetrazole rings is 1. The van der Waals surface area contributed by atoms with Crippen molar-refractivity contribution in [2.45, 2.75) is 18.4 Å². The highest BCUT2D eigenvalue weighted by Crippen LogP contribution is 2.33. The van der Waals surface area contributed by atoms with Crippen LogP contribution in [0, 0.1) is 11.8 Å². The fraction of sp³-hybridized carbons (Fsp3) is 0.571. The summed E-state index contributed by atoms with van der Waals surface area (Å²) in [7, 11) is 1.67. The summed E-state index contributed by atoms with van der Waals surface area (Å²) in [5.74, 6) is 5.71. The summed E-state index contributed by atoms with van der Waals surface area (Å²) >= 11 is 0. The third kappa shape index (κ3) is 1.43. The fourth-order valence-electron chi connectivity index (χ4n) is 0.750. The largest absolute Gasteiger partial charge is 0.378 e. The number of hydrogen-bond donors (Lipinski definition) is 1. The minimum absolute atomic E-state index is 0.359. The fourth-order valence-corrected chi connectivity index (χ4v) is 0.750. The molecule has 0 aliphatic heterocycles. The van der Waals surface area contributed by atoms with E-state index in [4.69, 9.17) is 0 Å². The summed E-state index contributed by atoms with van der Waals surface area (Å²) in [4.78, 5) is 1.33. The Hall–Kier alpha value is -1.41. The van der Waals surface area contributed by atoms with E-state index in [0.29, 0.717) is 5.82 Å². The summed E-state index contributed by atoms with van der Waals surface area (Å²) in [6.07, 6.45) is 1.50. The number of nitrogens with zero attached hydrogens (tertiary/aromatic N) is 4. The Balaban J connectivity index is 2.15. The Labute approximate surface area is 69.4 Å². The van der Waals surface area contributed by atoms with Gasteiger partial charge in [-0.3, -0.25) is 0 Å². The van der Waals surface area contributed by atoms with Crippen molar-refractivity contribution >= 4 is 0 Å². The molecule has 0 bridgehead atoms. The van der Waals surface area contributed by atoms with Gasteiger partial charge in [0, 0.05) is 0 Å². The van der Waals surface area contributed by atoms with Gasteiger partial charge >= 0.3 is 0 Å². The molecule has 0 atom stereocenters. The summed E-state index contributed by atoms with van der Waals surface area (Å²) in [6, 6.07) is 0. The lowest BCUT2D eigenvalue weighted by Crippen LogP contribution is -2.01. The van der Waals surface area contributed by atoms with E-state index in [1.54, 1.807) is 7.05 Å². The molecule has 12 heavy (non-hydrogen) atoms. The van der Waals surface area contributed by atoms with Crippen molar-refractivity contribution in [3.05, 3.63) is 5.82 Å². The first-order valence-electron chi connectivity index (χ1n) is 3.68. The summed E-state index contributed by atoms with van der Waals surface area (Å²) in [5.41, 5.74) is -0.765. The third-order valence-electron chi connectivity index (χ3n) is 1.64. The second kappa shape index (κ2) is 2.29. The van der Waals surface area contributed by atoms with Crippen LogP contribution in [0.1, 0.15) is 18.7 Å². The highest BCUT2D eigenvalue weighted by Gasteiger charge is 2.38. The van der Waals surface area contributed by atoms with Crippen LogP contribution in [-0.4, -0.2) is 30.9 Å². The first-order valence-corrected chi connectivity index (χ1v) is 3.68. The first-order chi connectivity index (χ1) is 5.68. The van der Waals surface area contributed by atoms with Gasteiger partial charge in [-0.05, 0) is 24.0 Å². The minimum atomic E-state index is -0.765. The zero-order valence-corrected chi connectivity index (χ0v) is 6.65. The van der Waals surface area contributed by atoms with Gasteiger partial charge < -0.3 is 5.11 Å². The molecule has 1 aromatic rings. The van der Waals surface area contributed by atoms with Gasteiger partial charge in [-0.2, -0.15) is 4.80 Å². The van der Waals surface area contributed by atoms with Gasteiger partial charge in [0.05, 0.1) is 7.05 Å². The van der Waals surface area contributed by atoms with Crippen LogP contribution in [0.3, 0.4) is 0 Å². The van der Waals surface area contributed by atoms with Gasteiger partial charge in [0.25, 0.3) is 0 Å².